The van der Waals surface area contributed by atoms with Gasteiger partial charge in [-0.2, -0.15) is 0 Å². The molecule has 27 heavy (non-hydrogen) atoms. The van der Waals surface area contributed by atoms with Crippen LogP contribution in [-0.4, -0.2) is 30.4 Å². The van der Waals surface area contributed by atoms with E-state index in [1.807, 2.05) is 36.4 Å². The summed E-state index contributed by atoms with van der Waals surface area (Å²) < 4.78 is 0. The first kappa shape index (κ1) is 18.4. The number of nitrogens with zero attached hydrogens (tertiary/aromatic N) is 1. The van der Waals surface area contributed by atoms with Crippen LogP contribution in [0.2, 0.25) is 0 Å². The van der Waals surface area contributed by atoms with Gasteiger partial charge in [-0.25, -0.2) is 4.79 Å². The van der Waals surface area contributed by atoms with Crippen LogP contribution in [0.3, 0.4) is 0 Å². The Morgan fingerprint density at radius 1 is 1.11 bits per heavy atom. The smallest absolute Gasteiger partial charge is 0.312 e. The number of amides is 4. The Hall–Kier alpha value is -3.35. The molecular formula is C20H22N4O3. The lowest BCUT2D eigenvalue weighted by Gasteiger charge is -2.19. The van der Waals surface area contributed by atoms with E-state index in [-0.39, 0.29) is 11.8 Å². The summed E-state index contributed by atoms with van der Waals surface area (Å²) in [7, 11) is 0. The molecule has 0 bridgehead atoms. The monoisotopic (exact) mass is 366 g/mol. The summed E-state index contributed by atoms with van der Waals surface area (Å²) in [6.07, 6.45) is 1.69. The Kier molecular flexibility index (Phi) is 5.71. The number of nitrogens with one attached hydrogen (secondary N) is 2. The van der Waals surface area contributed by atoms with E-state index in [9.17, 15) is 14.4 Å². The fourth-order valence-corrected chi connectivity index (χ4v) is 3.13. The highest BCUT2D eigenvalue weighted by Gasteiger charge is 2.23. The van der Waals surface area contributed by atoms with Gasteiger partial charge in [-0.1, -0.05) is 36.4 Å². The first-order valence-corrected chi connectivity index (χ1v) is 8.84. The number of hydrogen-bond acceptors (Lipinski definition) is 3. The molecule has 2 aromatic carbocycles. The minimum absolute atomic E-state index is 0.0795. The highest BCUT2D eigenvalue weighted by atomic mass is 16.2. The maximum Gasteiger partial charge on any atom is 0.312 e. The van der Waals surface area contributed by atoms with Gasteiger partial charge in [-0.05, 0) is 30.2 Å². The van der Waals surface area contributed by atoms with Crippen LogP contribution in [0.15, 0.2) is 54.6 Å². The van der Waals surface area contributed by atoms with Crippen molar-refractivity contribution in [3.63, 3.8) is 0 Å². The molecule has 1 saturated heterocycles. The normalized spacial score (nSPS) is 14.7. The number of carbonyl (C=O) groups is 3. The van der Waals surface area contributed by atoms with Crippen molar-refractivity contribution in [3.8, 4) is 0 Å². The fourth-order valence-electron chi connectivity index (χ4n) is 3.13. The second-order valence-corrected chi connectivity index (χ2v) is 6.44. The van der Waals surface area contributed by atoms with Gasteiger partial charge in [0.15, 0.2) is 0 Å². The average molecular weight is 366 g/mol. The third-order valence-electron chi connectivity index (χ3n) is 4.41. The van der Waals surface area contributed by atoms with Crippen LogP contribution in [0, 0.1) is 0 Å². The highest BCUT2D eigenvalue weighted by Crippen LogP contribution is 2.24. The van der Waals surface area contributed by atoms with Crippen LogP contribution in [0.25, 0.3) is 0 Å². The number of benzene rings is 2. The molecule has 1 unspecified atom stereocenters. The molecule has 3 rings (SSSR count). The summed E-state index contributed by atoms with van der Waals surface area (Å²) in [6.45, 7) is 0.677. The van der Waals surface area contributed by atoms with E-state index < -0.39 is 12.1 Å². The molecule has 0 aliphatic carbocycles. The van der Waals surface area contributed by atoms with Gasteiger partial charge < -0.3 is 21.3 Å². The zero-order chi connectivity index (χ0) is 19.2. The number of carbonyl (C=O) groups excluding carboxylic acids is 3. The lowest BCUT2D eigenvalue weighted by atomic mass is 10.1. The van der Waals surface area contributed by atoms with Crippen molar-refractivity contribution in [1.82, 2.24) is 5.32 Å². The number of hydrogen-bond donors (Lipinski definition) is 3. The van der Waals surface area contributed by atoms with Crippen LogP contribution in [0.4, 0.5) is 16.2 Å². The maximum absolute atomic E-state index is 12.7. The zero-order valence-electron chi connectivity index (χ0n) is 14.9. The molecule has 7 heteroatoms. The Morgan fingerprint density at radius 2 is 1.89 bits per heavy atom. The van der Waals surface area contributed by atoms with Crippen LogP contribution >= 0.6 is 0 Å². The Labute approximate surface area is 157 Å². The van der Waals surface area contributed by atoms with Crippen LogP contribution in [0.5, 0.6) is 0 Å². The van der Waals surface area contributed by atoms with E-state index in [4.69, 9.17) is 5.73 Å². The first-order valence-electron chi connectivity index (χ1n) is 8.84. The van der Waals surface area contributed by atoms with Crippen molar-refractivity contribution < 1.29 is 14.4 Å². The molecular weight excluding hydrogens is 344 g/mol. The molecule has 4 amide bonds. The largest absolute Gasteiger partial charge is 0.352 e. The lowest BCUT2D eigenvalue weighted by molar-refractivity contribution is -0.118. The molecule has 1 aliphatic rings. The Bertz CT molecular complexity index is 838. The van der Waals surface area contributed by atoms with E-state index in [1.54, 1.807) is 23.1 Å². The quantitative estimate of drug-likeness (QED) is 0.728. The first-order chi connectivity index (χ1) is 13.0. The number of rotatable bonds is 6. The van der Waals surface area contributed by atoms with Crippen molar-refractivity contribution in [2.75, 3.05) is 16.8 Å². The standard InChI is InChI=1S/C20H22N4O3/c21-20(27)23-17(12-14-6-2-1-3-7-14)19(26)22-15-8-4-9-16(13-15)24-11-5-10-18(24)25/h1-4,6-9,13,17H,5,10-12H2,(H,22,26)(H3,21,23,27). The van der Waals surface area contributed by atoms with Gasteiger partial charge in [-0.3, -0.25) is 9.59 Å². The number of anilines is 2. The molecule has 7 nitrogen and oxygen atoms in total. The van der Waals surface area contributed by atoms with Crippen molar-refractivity contribution >= 4 is 29.2 Å². The van der Waals surface area contributed by atoms with E-state index >= 15 is 0 Å². The molecule has 140 valence electrons. The molecule has 0 saturated carbocycles. The summed E-state index contributed by atoms with van der Waals surface area (Å²) in [5.41, 5.74) is 7.44. The van der Waals surface area contributed by atoms with Crippen molar-refractivity contribution in [2.45, 2.75) is 25.3 Å². The maximum atomic E-state index is 12.7. The summed E-state index contributed by atoms with van der Waals surface area (Å²) >= 11 is 0. The van der Waals surface area contributed by atoms with Gasteiger partial charge in [0.05, 0.1) is 0 Å². The minimum Gasteiger partial charge on any atom is -0.352 e. The predicted octanol–water partition coefficient (Wildman–Crippen LogP) is 2.03. The van der Waals surface area contributed by atoms with Crippen LogP contribution in [0.1, 0.15) is 18.4 Å². The molecule has 0 radical (unpaired) electrons. The van der Waals surface area contributed by atoms with Gasteiger partial charge in [0, 0.05) is 30.8 Å². The predicted molar refractivity (Wildman–Crippen MR) is 103 cm³/mol. The number of nitrogens with two attached hydrogens (primary N) is 1. The molecule has 0 aromatic heterocycles. The molecule has 1 aliphatic heterocycles. The summed E-state index contributed by atoms with van der Waals surface area (Å²) in [6, 6.07) is 14.9. The third-order valence-corrected chi connectivity index (χ3v) is 4.41. The molecule has 4 N–H and O–H groups in total. The van der Waals surface area contributed by atoms with Crippen molar-refractivity contribution in [3.05, 3.63) is 60.2 Å². The van der Waals surface area contributed by atoms with Crippen molar-refractivity contribution in [1.29, 1.82) is 0 Å². The SMILES string of the molecule is NC(=O)NC(Cc1ccccc1)C(=O)Nc1cccc(N2CCCC2=O)c1. The molecule has 0 spiro atoms. The van der Waals surface area contributed by atoms with Gasteiger partial charge in [-0.15, -0.1) is 0 Å². The van der Waals surface area contributed by atoms with E-state index in [0.29, 0.717) is 25.1 Å². The third kappa shape index (κ3) is 4.84. The number of urea groups is 1. The Balaban J connectivity index is 1.73. The fraction of sp³-hybridized carbons (Fsp3) is 0.250. The van der Waals surface area contributed by atoms with Gasteiger partial charge >= 0.3 is 6.03 Å². The molecule has 1 atom stereocenters. The molecule has 1 fully saturated rings. The van der Waals surface area contributed by atoms with Crippen LogP contribution in [-0.2, 0) is 16.0 Å². The molecule has 1 heterocycles. The van der Waals surface area contributed by atoms with Crippen LogP contribution < -0.4 is 21.3 Å². The summed E-state index contributed by atoms with van der Waals surface area (Å²) in [5.74, 6) is -0.293. The molecule has 2 aromatic rings. The lowest BCUT2D eigenvalue weighted by Crippen LogP contribution is -2.47. The van der Waals surface area contributed by atoms with E-state index in [0.717, 1.165) is 17.7 Å². The zero-order valence-corrected chi connectivity index (χ0v) is 14.9. The van der Waals surface area contributed by atoms with E-state index in [2.05, 4.69) is 10.6 Å². The second kappa shape index (κ2) is 8.35. The Morgan fingerprint density at radius 3 is 2.56 bits per heavy atom. The topological polar surface area (TPSA) is 105 Å². The van der Waals surface area contributed by atoms with Gasteiger partial charge in [0.1, 0.15) is 6.04 Å². The van der Waals surface area contributed by atoms with Gasteiger partial charge in [0.2, 0.25) is 11.8 Å². The summed E-state index contributed by atoms with van der Waals surface area (Å²) in [4.78, 5) is 37.6. The number of primary amides is 1. The highest BCUT2D eigenvalue weighted by molar-refractivity contribution is 5.99. The second-order valence-electron chi connectivity index (χ2n) is 6.44. The average Bonchev–Trinajstić information content (AvgIpc) is 3.08. The summed E-state index contributed by atoms with van der Waals surface area (Å²) in [5, 5.41) is 5.29. The van der Waals surface area contributed by atoms with Gasteiger partial charge in [0.25, 0.3) is 0 Å². The van der Waals surface area contributed by atoms with E-state index in [1.165, 1.54) is 0 Å². The minimum atomic E-state index is -0.804. The van der Waals surface area contributed by atoms with Crippen molar-refractivity contribution in [2.24, 2.45) is 5.73 Å².